The summed E-state index contributed by atoms with van der Waals surface area (Å²) in [6.07, 6.45) is 0. The normalized spacial score (nSPS) is 10.4. The Bertz CT molecular complexity index is 557. The third kappa shape index (κ3) is 1.32. The summed E-state index contributed by atoms with van der Waals surface area (Å²) in [6.45, 7) is 0. The van der Waals surface area contributed by atoms with Gasteiger partial charge in [-0.05, 0) is 12.1 Å². The molecule has 0 unspecified atom stereocenters. The van der Waals surface area contributed by atoms with Gasteiger partial charge < -0.3 is 9.52 Å². The highest BCUT2D eigenvalue weighted by molar-refractivity contribution is 6.00. The molecule has 0 aliphatic rings. The Kier molecular flexibility index (Phi) is 1.89. The first-order chi connectivity index (χ1) is 7.11. The average Bonchev–Trinajstić information content (AvgIpc) is 2.56. The Balaban J connectivity index is 2.86. The number of carboxylic acid groups (broad SMARTS) is 1. The zero-order valence-corrected chi connectivity index (χ0v) is 7.34. The first kappa shape index (κ1) is 9.20. The zero-order chi connectivity index (χ0) is 11.0. The van der Waals surface area contributed by atoms with Crippen molar-refractivity contribution < 1.29 is 19.2 Å². The van der Waals surface area contributed by atoms with E-state index < -0.39 is 22.3 Å². The Hall–Kier alpha value is -2.37. The van der Waals surface area contributed by atoms with Gasteiger partial charge in [-0.2, -0.15) is 0 Å². The molecule has 15 heavy (non-hydrogen) atoms. The molecule has 0 amide bonds. The number of hydrogen-bond donors (Lipinski definition) is 1. The first-order valence-electron chi connectivity index (χ1n) is 4.00. The van der Waals surface area contributed by atoms with Gasteiger partial charge in [-0.25, -0.2) is 4.79 Å². The van der Waals surface area contributed by atoms with Gasteiger partial charge in [0.05, 0.1) is 10.3 Å². The summed E-state index contributed by atoms with van der Waals surface area (Å²) in [7, 11) is 0. The van der Waals surface area contributed by atoms with E-state index in [4.69, 9.17) is 9.52 Å². The Morgan fingerprint density at radius 3 is 2.67 bits per heavy atom. The monoisotopic (exact) mass is 207 g/mol. The highest BCUT2D eigenvalue weighted by Crippen LogP contribution is 2.32. The van der Waals surface area contributed by atoms with Crippen molar-refractivity contribution in [2.24, 2.45) is 0 Å². The summed E-state index contributed by atoms with van der Waals surface area (Å²) in [4.78, 5) is 20.6. The van der Waals surface area contributed by atoms with Gasteiger partial charge in [0.25, 0.3) is 5.76 Å². The smallest absolute Gasteiger partial charge is 0.379 e. The van der Waals surface area contributed by atoms with E-state index in [9.17, 15) is 14.9 Å². The van der Waals surface area contributed by atoms with Crippen LogP contribution in [0.1, 0.15) is 10.6 Å². The Labute approximate surface area is 82.9 Å². The number of furan rings is 1. The second-order valence-corrected chi connectivity index (χ2v) is 2.84. The van der Waals surface area contributed by atoms with Crippen LogP contribution >= 0.6 is 0 Å². The van der Waals surface area contributed by atoms with E-state index in [0.717, 1.165) is 0 Å². The molecular weight excluding hydrogens is 202 g/mol. The quantitative estimate of drug-likeness (QED) is 0.600. The van der Waals surface area contributed by atoms with Gasteiger partial charge in [-0.1, -0.05) is 12.1 Å². The van der Waals surface area contributed by atoms with Crippen LogP contribution in [-0.2, 0) is 0 Å². The third-order valence-electron chi connectivity index (χ3n) is 1.95. The SMILES string of the molecule is O=C(O)c1oc2ccccc2c1[N+](=O)[O-]. The maximum Gasteiger partial charge on any atom is 0.379 e. The van der Waals surface area contributed by atoms with E-state index in [0.29, 0.717) is 0 Å². The molecule has 0 saturated carbocycles. The lowest BCUT2D eigenvalue weighted by atomic mass is 10.2. The lowest BCUT2D eigenvalue weighted by molar-refractivity contribution is -0.383. The Morgan fingerprint density at radius 2 is 2.07 bits per heavy atom. The lowest BCUT2D eigenvalue weighted by Gasteiger charge is -1.87. The second-order valence-electron chi connectivity index (χ2n) is 2.84. The van der Waals surface area contributed by atoms with Crippen LogP contribution in [0.3, 0.4) is 0 Å². The van der Waals surface area contributed by atoms with Gasteiger partial charge in [-0.3, -0.25) is 10.1 Å². The molecule has 2 rings (SSSR count). The number of benzene rings is 1. The number of para-hydroxylation sites is 1. The zero-order valence-electron chi connectivity index (χ0n) is 7.34. The standard InChI is InChI=1S/C9H5NO5/c11-9(12)8-7(10(13)14)5-3-1-2-4-6(5)15-8/h1-4H,(H,11,12). The number of carboxylic acids is 1. The first-order valence-corrected chi connectivity index (χ1v) is 4.00. The topological polar surface area (TPSA) is 93.6 Å². The van der Waals surface area contributed by atoms with Gasteiger partial charge in [0, 0.05) is 0 Å². The van der Waals surface area contributed by atoms with E-state index in [2.05, 4.69) is 0 Å². The minimum absolute atomic E-state index is 0.194. The highest BCUT2D eigenvalue weighted by atomic mass is 16.6. The molecule has 0 bridgehead atoms. The summed E-state index contributed by atoms with van der Waals surface area (Å²) in [5.41, 5.74) is -0.306. The van der Waals surface area contributed by atoms with Gasteiger partial charge in [0.2, 0.25) is 0 Å². The maximum absolute atomic E-state index is 10.7. The van der Waals surface area contributed by atoms with Crippen LogP contribution in [0.4, 0.5) is 5.69 Å². The molecule has 6 nitrogen and oxygen atoms in total. The summed E-state index contributed by atoms with van der Waals surface area (Å²) in [6, 6.07) is 6.12. The average molecular weight is 207 g/mol. The summed E-state index contributed by atoms with van der Waals surface area (Å²) in [5.74, 6) is -2.08. The van der Waals surface area contributed by atoms with Crippen LogP contribution in [-0.4, -0.2) is 16.0 Å². The predicted octanol–water partition coefficient (Wildman–Crippen LogP) is 2.04. The number of carbonyl (C=O) groups is 1. The number of rotatable bonds is 2. The number of nitrogens with zero attached hydrogens (tertiary/aromatic N) is 1. The molecule has 0 atom stereocenters. The van der Waals surface area contributed by atoms with Crippen LogP contribution in [0.15, 0.2) is 28.7 Å². The van der Waals surface area contributed by atoms with Crippen LogP contribution in [0.2, 0.25) is 0 Å². The van der Waals surface area contributed by atoms with Crippen molar-refractivity contribution in [1.29, 1.82) is 0 Å². The van der Waals surface area contributed by atoms with Gasteiger partial charge in [0.1, 0.15) is 5.58 Å². The second kappa shape index (κ2) is 3.09. The van der Waals surface area contributed by atoms with Crippen LogP contribution in [0.5, 0.6) is 0 Å². The molecule has 0 radical (unpaired) electrons. The molecule has 6 heteroatoms. The van der Waals surface area contributed by atoms with E-state index in [1.54, 1.807) is 12.1 Å². The largest absolute Gasteiger partial charge is 0.475 e. The Morgan fingerprint density at radius 1 is 1.40 bits per heavy atom. The summed E-state index contributed by atoms with van der Waals surface area (Å²) in [5, 5.41) is 19.6. The van der Waals surface area contributed by atoms with Crippen molar-refractivity contribution in [2.45, 2.75) is 0 Å². The molecule has 2 aromatic rings. The van der Waals surface area contributed by atoms with Crippen molar-refractivity contribution in [1.82, 2.24) is 0 Å². The van der Waals surface area contributed by atoms with Gasteiger partial charge in [-0.15, -0.1) is 0 Å². The predicted molar refractivity (Wildman–Crippen MR) is 49.8 cm³/mol. The molecule has 0 saturated heterocycles. The summed E-state index contributed by atoms with van der Waals surface area (Å²) >= 11 is 0. The van der Waals surface area contributed by atoms with Crippen molar-refractivity contribution in [3.63, 3.8) is 0 Å². The van der Waals surface area contributed by atoms with E-state index in [1.807, 2.05) is 0 Å². The number of aromatic carboxylic acids is 1. The molecule has 0 fully saturated rings. The van der Waals surface area contributed by atoms with Crippen molar-refractivity contribution in [3.05, 3.63) is 40.1 Å². The highest BCUT2D eigenvalue weighted by Gasteiger charge is 2.28. The molecule has 76 valence electrons. The van der Waals surface area contributed by atoms with Crippen molar-refractivity contribution in [3.8, 4) is 0 Å². The van der Waals surface area contributed by atoms with Crippen LogP contribution < -0.4 is 0 Å². The fourth-order valence-corrected chi connectivity index (χ4v) is 1.36. The van der Waals surface area contributed by atoms with E-state index in [-0.39, 0.29) is 11.0 Å². The molecule has 0 aliphatic heterocycles. The van der Waals surface area contributed by atoms with E-state index >= 15 is 0 Å². The fourth-order valence-electron chi connectivity index (χ4n) is 1.36. The maximum atomic E-state index is 10.7. The lowest BCUT2D eigenvalue weighted by Crippen LogP contribution is -1.98. The molecule has 1 aromatic carbocycles. The van der Waals surface area contributed by atoms with Crippen LogP contribution in [0, 0.1) is 10.1 Å². The molecule has 0 aliphatic carbocycles. The number of nitro groups is 1. The minimum atomic E-state index is -1.45. The third-order valence-corrected chi connectivity index (χ3v) is 1.95. The van der Waals surface area contributed by atoms with Gasteiger partial charge >= 0.3 is 11.7 Å². The van der Waals surface area contributed by atoms with Crippen molar-refractivity contribution in [2.75, 3.05) is 0 Å². The van der Waals surface area contributed by atoms with Gasteiger partial charge in [0.15, 0.2) is 0 Å². The minimum Gasteiger partial charge on any atom is -0.475 e. The molecule has 1 heterocycles. The molecule has 0 spiro atoms. The molecule has 1 aromatic heterocycles. The van der Waals surface area contributed by atoms with E-state index in [1.165, 1.54) is 12.1 Å². The number of fused-ring (bicyclic) bond motifs is 1. The number of hydrogen-bond acceptors (Lipinski definition) is 4. The molecular formula is C9H5NO5. The van der Waals surface area contributed by atoms with Crippen molar-refractivity contribution >= 4 is 22.6 Å². The molecule has 1 N–H and O–H groups in total. The summed E-state index contributed by atoms with van der Waals surface area (Å²) < 4.78 is 4.88. The van der Waals surface area contributed by atoms with Crippen LogP contribution in [0.25, 0.3) is 11.0 Å². The fraction of sp³-hybridized carbons (Fsp3) is 0.